The van der Waals surface area contributed by atoms with Crippen LogP contribution in [-0.4, -0.2) is 22.6 Å². The number of imidazole rings is 1. The Morgan fingerprint density at radius 2 is 2.12 bits per heavy atom. The van der Waals surface area contributed by atoms with E-state index in [1.54, 1.807) is 12.5 Å². The fraction of sp³-hybridized carbons (Fsp3) is 0.231. The van der Waals surface area contributed by atoms with Gasteiger partial charge in [0.1, 0.15) is 0 Å². The predicted octanol–water partition coefficient (Wildman–Crippen LogP) is 1.98. The standard InChI is InChI=1S/C13H14N2O2/c1-17-13(16)8-7-12-9-14-10-15(12)11-5-3-2-4-6-11/h2-6,9-10H,7-8H2,1H3. The molecule has 0 bridgehead atoms. The van der Waals surface area contributed by atoms with Crippen molar-refractivity contribution in [1.29, 1.82) is 0 Å². The Kier molecular flexibility index (Phi) is 3.55. The third kappa shape index (κ3) is 2.72. The van der Waals surface area contributed by atoms with Crippen LogP contribution in [-0.2, 0) is 16.0 Å². The maximum atomic E-state index is 11.1. The van der Waals surface area contributed by atoms with E-state index in [1.807, 2.05) is 34.9 Å². The normalized spacial score (nSPS) is 10.2. The van der Waals surface area contributed by atoms with Crippen LogP contribution in [0.3, 0.4) is 0 Å². The Morgan fingerprint density at radius 1 is 1.35 bits per heavy atom. The van der Waals surface area contributed by atoms with Crippen LogP contribution in [0.4, 0.5) is 0 Å². The number of esters is 1. The number of carbonyl (C=O) groups is 1. The number of carbonyl (C=O) groups excluding carboxylic acids is 1. The molecule has 0 aliphatic carbocycles. The molecule has 2 aromatic rings. The first-order valence-corrected chi connectivity index (χ1v) is 5.44. The molecule has 1 aromatic heterocycles. The Bertz CT molecular complexity index is 491. The van der Waals surface area contributed by atoms with Gasteiger partial charge >= 0.3 is 5.97 Å². The number of benzene rings is 1. The Balaban J connectivity index is 2.15. The molecule has 0 fully saturated rings. The summed E-state index contributed by atoms with van der Waals surface area (Å²) in [6, 6.07) is 9.92. The van der Waals surface area contributed by atoms with Crippen molar-refractivity contribution in [3.05, 3.63) is 48.5 Å². The van der Waals surface area contributed by atoms with Gasteiger partial charge in [-0.25, -0.2) is 4.98 Å². The monoisotopic (exact) mass is 230 g/mol. The number of hydrogen-bond donors (Lipinski definition) is 0. The first-order chi connectivity index (χ1) is 8.31. The fourth-order valence-corrected chi connectivity index (χ4v) is 1.66. The second kappa shape index (κ2) is 5.30. The molecule has 0 radical (unpaired) electrons. The highest BCUT2D eigenvalue weighted by Gasteiger charge is 2.07. The molecule has 1 aromatic carbocycles. The zero-order valence-electron chi connectivity index (χ0n) is 9.67. The molecular weight excluding hydrogens is 216 g/mol. The SMILES string of the molecule is COC(=O)CCc1cncn1-c1ccccc1. The second-order valence-electron chi connectivity index (χ2n) is 3.67. The van der Waals surface area contributed by atoms with E-state index >= 15 is 0 Å². The molecule has 4 nitrogen and oxygen atoms in total. The molecule has 0 N–H and O–H groups in total. The quantitative estimate of drug-likeness (QED) is 0.754. The van der Waals surface area contributed by atoms with E-state index in [4.69, 9.17) is 0 Å². The highest BCUT2D eigenvalue weighted by atomic mass is 16.5. The van der Waals surface area contributed by atoms with Crippen LogP contribution in [0.5, 0.6) is 0 Å². The maximum absolute atomic E-state index is 11.1. The summed E-state index contributed by atoms with van der Waals surface area (Å²) in [6.45, 7) is 0. The highest BCUT2D eigenvalue weighted by Crippen LogP contribution is 2.12. The van der Waals surface area contributed by atoms with Gasteiger partial charge in [0.25, 0.3) is 0 Å². The molecular formula is C13H14N2O2. The largest absolute Gasteiger partial charge is 0.469 e. The molecule has 0 spiro atoms. The summed E-state index contributed by atoms with van der Waals surface area (Å²) in [5, 5.41) is 0. The minimum Gasteiger partial charge on any atom is -0.469 e. The van der Waals surface area contributed by atoms with Gasteiger partial charge in [-0.05, 0) is 12.1 Å². The van der Waals surface area contributed by atoms with Gasteiger partial charge in [0.2, 0.25) is 0 Å². The fourth-order valence-electron chi connectivity index (χ4n) is 1.66. The van der Waals surface area contributed by atoms with Gasteiger partial charge < -0.3 is 9.30 Å². The summed E-state index contributed by atoms with van der Waals surface area (Å²) >= 11 is 0. The van der Waals surface area contributed by atoms with E-state index in [0.29, 0.717) is 12.8 Å². The van der Waals surface area contributed by atoms with Crippen molar-refractivity contribution in [2.75, 3.05) is 7.11 Å². The lowest BCUT2D eigenvalue weighted by Crippen LogP contribution is -2.05. The van der Waals surface area contributed by atoms with Crippen LogP contribution in [0.1, 0.15) is 12.1 Å². The first-order valence-electron chi connectivity index (χ1n) is 5.44. The molecule has 2 rings (SSSR count). The zero-order valence-corrected chi connectivity index (χ0v) is 9.67. The van der Waals surface area contributed by atoms with E-state index in [-0.39, 0.29) is 5.97 Å². The molecule has 1 heterocycles. The number of methoxy groups -OCH3 is 1. The molecule has 0 atom stereocenters. The van der Waals surface area contributed by atoms with Crippen molar-refractivity contribution in [3.8, 4) is 5.69 Å². The van der Waals surface area contributed by atoms with Gasteiger partial charge in [-0.1, -0.05) is 18.2 Å². The first kappa shape index (κ1) is 11.4. The lowest BCUT2D eigenvalue weighted by molar-refractivity contribution is -0.140. The maximum Gasteiger partial charge on any atom is 0.305 e. The molecule has 0 amide bonds. The van der Waals surface area contributed by atoms with E-state index in [2.05, 4.69) is 9.72 Å². The van der Waals surface area contributed by atoms with Gasteiger partial charge in [0, 0.05) is 24.0 Å². The van der Waals surface area contributed by atoms with Gasteiger partial charge in [0.05, 0.1) is 19.9 Å². The van der Waals surface area contributed by atoms with Crippen LogP contribution in [0, 0.1) is 0 Å². The average Bonchev–Trinajstić information content (AvgIpc) is 2.85. The van der Waals surface area contributed by atoms with Crippen molar-refractivity contribution < 1.29 is 9.53 Å². The molecule has 17 heavy (non-hydrogen) atoms. The molecule has 0 unspecified atom stereocenters. The van der Waals surface area contributed by atoms with Gasteiger partial charge in [0.15, 0.2) is 0 Å². The molecule has 0 aliphatic heterocycles. The van der Waals surface area contributed by atoms with Gasteiger partial charge in [-0.15, -0.1) is 0 Å². The summed E-state index contributed by atoms with van der Waals surface area (Å²) < 4.78 is 6.60. The number of aryl methyl sites for hydroxylation is 1. The molecule has 0 saturated heterocycles. The van der Waals surface area contributed by atoms with Crippen molar-refractivity contribution in [3.63, 3.8) is 0 Å². The van der Waals surface area contributed by atoms with Crippen molar-refractivity contribution in [1.82, 2.24) is 9.55 Å². The minimum absolute atomic E-state index is 0.203. The number of ether oxygens (including phenoxy) is 1. The number of aromatic nitrogens is 2. The number of hydrogen-bond acceptors (Lipinski definition) is 3. The smallest absolute Gasteiger partial charge is 0.305 e. The van der Waals surface area contributed by atoms with E-state index in [0.717, 1.165) is 11.4 Å². The molecule has 4 heteroatoms. The van der Waals surface area contributed by atoms with Crippen LogP contribution in [0.2, 0.25) is 0 Å². The van der Waals surface area contributed by atoms with Crippen molar-refractivity contribution >= 4 is 5.97 Å². The van der Waals surface area contributed by atoms with E-state index in [9.17, 15) is 4.79 Å². The Morgan fingerprint density at radius 3 is 2.82 bits per heavy atom. The number of para-hydroxylation sites is 1. The third-order valence-electron chi connectivity index (χ3n) is 2.56. The van der Waals surface area contributed by atoms with E-state index < -0.39 is 0 Å². The average molecular weight is 230 g/mol. The summed E-state index contributed by atoms with van der Waals surface area (Å²) in [4.78, 5) is 15.2. The van der Waals surface area contributed by atoms with Crippen molar-refractivity contribution in [2.45, 2.75) is 12.8 Å². The highest BCUT2D eigenvalue weighted by molar-refractivity contribution is 5.69. The number of rotatable bonds is 4. The van der Waals surface area contributed by atoms with Gasteiger partial charge in [-0.2, -0.15) is 0 Å². The summed E-state index contributed by atoms with van der Waals surface area (Å²) in [5.41, 5.74) is 2.05. The van der Waals surface area contributed by atoms with Gasteiger partial charge in [-0.3, -0.25) is 4.79 Å². The van der Waals surface area contributed by atoms with Crippen molar-refractivity contribution in [2.24, 2.45) is 0 Å². The van der Waals surface area contributed by atoms with E-state index in [1.165, 1.54) is 7.11 Å². The summed E-state index contributed by atoms with van der Waals surface area (Å²) in [5.74, 6) is -0.203. The molecule has 0 saturated carbocycles. The van der Waals surface area contributed by atoms with Crippen LogP contribution in [0.15, 0.2) is 42.9 Å². The molecule has 88 valence electrons. The lowest BCUT2D eigenvalue weighted by atomic mass is 10.2. The predicted molar refractivity (Wildman–Crippen MR) is 63.9 cm³/mol. The Labute approximate surface area is 99.9 Å². The van der Waals surface area contributed by atoms with Crippen LogP contribution >= 0.6 is 0 Å². The topological polar surface area (TPSA) is 44.1 Å². The number of nitrogens with zero attached hydrogens (tertiary/aromatic N) is 2. The second-order valence-corrected chi connectivity index (χ2v) is 3.67. The summed E-state index contributed by atoms with van der Waals surface area (Å²) in [7, 11) is 1.40. The minimum atomic E-state index is -0.203. The third-order valence-corrected chi connectivity index (χ3v) is 2.56. The van der Waals surface area contributed by atoms with Crippen LogP contribution < -0.4 is 0 Å². The Hall–Kier alpha value is -2.10. The van der Waals surface area contributed by atoms with Crippen LogP contribution in [0.25, 0.3) is 5.69 Å². The lowest BCUT2D eigenvalue weighted by Gasteiger charge is -2.07. The molecule has 0 aliphatic rings. The zero-order chi connectivity index (χ0) is 12.1. The summed E-state index contributed by atoms with van der Waals surface area (Å²) in [6.07, 6.45) is 4.52.